The first-order valence-corrected chi connectivity index (χ1v) is 10.3. The second-order valence-corrected chi connectivity index (χ2v) is 7.76. The summed E-state index contributed by atoms with van der Waals surface area (Å²) in [4.78, 5) is 34.6. The molecule has 0 atom stereocenters. The van der Waals surface area contributed by atoms with Crippen LogP contribution in [0.4, 0.5) is 5.69 Å². The lowest BCUT2D eigenvalue weighted by molar-refractivity contribution is -0.121. The molecule has 1 saturated heterocycles. The molecule has 0 saturated carbocycles. The van der Waals surface area contributed by atoms with Crippen molar-refractivity contribution in [3.8, 4) is 0 Å². The standard InChI is InChI=1S/C23H27N5O2/c1-17-25-20-9-5-4-8-19(20)23(30)28(17)16-22(29)24-15-18-7-3-6-10-21(18)27-13-11-26(2)12-14-27/h3-10H,11-16H2,1-2H3,(H,24,29). The number of carbonyl (C=O) groups is 1. The minimum atomic E-state index is -0.203. The van der Waals surface area contributed by atoms with Gasteiger partial charge >= 0.3 is 0 Å². The number of aryl methyl sites for hydroxylation is 1. The van der Waals surface area contributed by atoms with Crippen LogP contribution in [0.2, 0.25) is 0 Å². The van der Waals surface area contributed by atoms with Gasteiger partial charge in [0.25, 0.3) is 5.56 Å². The van der Waals surface area contributed by atoms with E-state index in [0.29, 0.717) is 23.3 Å². The number of carbonyl (C=O) groups excluding carboxylic acids is 1. The number of fused-ring (bicyclic) bond motifs is 1. The van der Waals surface area contributed by atoms with E-state index in [-0.39, 0.29) is 18.0 Å². The lowest BCUT2D eigenvalue weighted by Crippen LogP contribution is -2.45. The smallest absolute Gasteiger partial charge is 0.261 e. The molecule has 156 valence electrons. The van der Waals surface area contributed by atoms with Gasteiger partial charge in [-0.1, -0.05) is 30.3 Å². The second kappa shape index (κ2) is 8.67. The Labute approximate surface area is 175 Å². The van der Waals surface area contributed by atoms with E-state index in [1.807, 2.05) is 30.3 Å². The number of hydrogen-bond donors (Lipinski definition) is 1. The predicted molar refractivity (Wildman–Crippen MR) is 119 cm³/mol. The molecule has 7 heteroatoms. The van der Waals surface area contributed by atoms with E-state index < -0.39 is 0 Å². The Hall–Kier alpha value is -3.19. The van der Waals surface area contributed by atoms with E-state index in [9.17, 15) is 9.59 Å². The third kappa shape index (κ3) is 4.21. The van der Waals surface area contributed by atoms with E-state index in [2.05, 4.69) is 33.2 Å². The van der Waals surface area contributed by atoms with Gasteiger partial charge in [0.05, 0.1) is 10.9 Å². The number of amides is 1. The monoisotopic (exact) mass is 405 g/mol. The van der Waals surface area contributed by atoms with Gasteiger partial charge in [0.1, 0.15) is 12.4 Å². The van der Waals surface area contributed by atoms with E-state index in [1.165, 1.54) is 4.57 Å². The fourth-order valence-corrected chi connectivity index (χ4v) is 3.87. The Kier molecular flexibility index (Phi) is 5.81. The van der Waals surface area contributed by atoms with E-state index in [1.54, 1.807) is 19.1 Å². The van der Waals surface area contributed by atoms with Crippen molar-refractivity contribution in [2.45, 2.75) is 20.0 Å². The van der Waals surface area contributed by atoms with E-state index in [4.69, 9.17) is 0 Å². The summed E-state index contributed by atoms with van der Waals surface area (Å²) in [7, 11) is 2.13. The van der Waals surface area contributed by atoms with Crippen LogP contribution in [0.25, 0.3) is 10.9 Å². The Morgan fingerprint density at radius 3 is 2.53 bits per heavy atom. The van der Waals surface area contributed by atoms with E-state index in [0.717, 1.165) is 37.4 Å². The number of nitrogens with one attached hydrogen (secondary N) is 1. The largest absolute Gasteiger partial charge is 0.369 e. The van der Waals surface area contributed by atoms with Crippen molar-refractivity contribution >= 4 is 22.5 Å². The number of piperazine rings is 1. The zero-order valence-electron chi connectivity index (χ0n) is 17.5. The molecule has 1 aliphatic heterocycles. The average molecular weight is 406 g/mol. The van der Waals surface area contributed by atoms with Gasteiger partial charge in [-0.25, -0.2) is 4.98 Å². The van der Waals surface area contributed by atoms with Crippen molar-refractivity contribution in [3.05, 3.63) is 70.3 Å². The van der Waals surface area contributed by atoms with Crippen molar-refractivity contribution in [1.82, 2.24) is 19.8 Å². The molecule has 1 fully saturated rings. The molecular weight excluding hydrogens is 378 g/mol. The first-order chi connectivity index (χ1) is 14.5. The zero-order valence-corrected chi connectivity index (χ0v) is 17.5. The second-order valence-electron chi connectivity index (χ2n) is 7.76. The van der Waals surface area contributed by atoms with Crippen LogP contribution < -0.4 is 15.8 Å². The van der Waals surface area contributed by atoms with Gasteiger partial charge in [-0.3, -0.25) is 14.2 Å². The third-order valence-electron chi connectivity index (χ3n) is 5.67. The highest BCUT2D eigenvalue weighted by atomic mass is 16.2. The van der Waals surface area contributed by atoms with Crippen molar-refractivity contribution in [2.75, 3.05) is 38.1 Å². The number of rotatable bonds is 5. The van der Waals surface area contributed by atoms with Crippen molar-refractivity contribution < 1.29 is 4.79 Å². The van der Waals surface area contributed by atoms with Crippen molar-refractivity contribution in [3.63, 3.8) is 0 Å². The van der Waals surface area contributed by atoms with Gasteiger partial charge in [-0.2, -0.15) is 0 Å². The Morgan fingerprint density at radius 2 is 1.73 bits per heavy atom. The number of anilines is 1. The van der Waals surface area contributed by atoms with Crippen molar-refractivity contribution in [1.29, 1.82) is 0 Å². The van der Waals surface area contributed by atoms with Gasteiger partial charge < -0.3 is 15.1 Å². The number of nitrogens with zero attached hydrogens (tertiary/aromatic N) is 4. The van der Waals surface area contributed by atoms with Crippen LogP contribution in [-0.4, -0.2) is 53.6 Å². The van der Waals surface area contributed by atoms with E-state index >= 15 is 0 Å². The van der Waals surface area contributed by atoms with Crippen molar-refractivity contribution in [2.24, 2.45) is 0 Å². The number of aromatic nitrogens is 2. The molecule has 2 aromatic carbocycles. The summed E-state index contributed by atoms with van der Waals surface area (Å²) in [5, 5.41) is 3.50. The highest BCUT2D eigenvalue weighted by molar-refractivity contribution is 5.79. The number of likely N-dealkylation sites (N-methyl/N-ethyl adjacent to an activating group) is 1. The molecule has 0 spiro atoms. The topological polar surface area (TPSA) is 70.5 Å². The summed E-state index contributed by atoms with van der Waals surface area (Å²) >= 11 is 0. The average Bonchev–Trinajstić information content (AvgIpc) is 2.76. The lowest BCUT2D eigenvalue weighted by atomic mass is 10.1. The highest BCUT2D eigenvalue weighted by Gasteiger charge is 2.17. The van der Waals surface area contributed by atoms with Crippen LogP contribution in [0.3, 0.4) is 0 Å². The maximum Gasteiger partial charge on any atom is 0.261 e. The third-order valence-corrected chi connectivity index (χ3v) is 5.67. The first-order valence-electron chi connectivity index (χ1n) is 10.3. The molecule has 4 rings (SSSR count). The molecule has 1 aliphatic rings. The maximum atomic E-state index is 12.8. The van der Waals surface area contributed by atoms with Crippen LogP contribution in [0.1, 0.15) is 11.4 Å². The Morgan fingerprint density at radius 1 is 1.03 bits per heavy atom. The molecule has 0 unspecified atom stereocenters. The summed E-state index contributed by atoms with van der Waals surface area (Å²) in [6.07, 6.45) is 0. The fraction of sp³-hybridized carbons (Fsp3) is 0.348. The highest BCUT2D eigenvalue weighted by Crippen LogP contribution is 2.21. The molecule has 1 aromatic heterocycles. The predicted octanol–water partition coefficient (Wildman–Crippen LogP) is 1.77. The van der Waals surface area contributed by atoms with Gasteiger partial charge in [0.15, 0.2) is 0 Å². The fourth-order valence-electron chi connectivity index (χ4n) is 3.87. The molecule has 3 aromatic rings. The quantitative estimate of drug-likeness (QED) is 0.701. The molecule has 7 nitrogen and oxygen atoms in total. The number of hydrogen-bond acceptors (Lipinski definition) is 5. The van der Waals surface area contributed by atoms with Crippen LogP contribution in [-0.2, 0) is 17.9 Å². The van der Waals surface area contributed by atoms with Gasteiger partial charge in [-0.15, -0.1) is 0 Å². The first kappa shape index (κ1) is 20.1. The van der Waals surface area contributed by atoms with Crippen LogP contribution >= 0.6 is 0 Å². The van der Waals surface area contributed by atoms with Crippen LogP contribution in [0.5, 0.6) is 0 Å². The SMILES string of the molecule is Cc1nc2ccccc2c(=O)n1CC(=O)NCc1ccccc1N1CCN(C)CC1. The minimum Gasteiger partial charge on any atom is -0.369 e. The summed E-state index contributed by atoms with van der Waals surface area (Å²) < 4.78 is 1.43. The van der Waals surface area contributed by atoms with Gasteiger partial charge in [0, 0.05) is 38.4 Å². The Bertz CT molecular complexity index is 1120. The molecular formula is C23H27N5O2. The summed E-state index contributed by atoms with van der Waals surface area (Å²) in [6, 6.07) is 15.4. The molecule has 0 aliphatic carbocycles. The minimum absolute atomic E-state index is 0.0425. The molecule has 30 heavy (non-hydrogen) atoms. The summed E-state index contributed by atoms with van der Waals surface area (Å²) in [5.74, 6) is 0.331. The molecule has 0 bridgehead atoms. The normalized spacial score (nSPS) is 14.8. The molecule has 0 radical (unpaired) electrons. The van der Waals surface area contributed by atoms with Gasteiger partial charge in [0.2, 0.25) is 5.91 Å². The molecule has 1 N–H and O–H groups in total. The maximum absolute atomic E-state index is 12.8. The van der Waals surface area contributed by atoms with Crippen LogP contribution in [0.15, 0.2) is 53.3 Å². The van der Waals surface area contributed by atoms with Gasteiger partial charge in [-0.05, 0) is 37.7 Å². The summed E-state index contributed by atoms with van der Waals surface area (Å²) in [6.45, 7) is 6.13. The lowest BCUT2D eigenvalue weighted by Gasteiger charge is -2.35. The molecule has 2 heterocycles. The van der Waals surface area contributed by atoms with Crippen LogP contribution in [0, 0.1) is 6.92 Å². The number of benzene rings is 2. The Balaban J connectivity index is 1.46. The number of para-hydroxylation sites is 2. The zero-order chi connectivity index (χ0) is 21.1. The summed E-state index contributed by atoms with van der Waals surface area (Å²) in [5.41, 5.74) is 2.70. The molecule has 1 amide bonds.